The summed E-state index contributed by atoms with van der Waals surface area (Å²) in [5, 5.41) is 11.6. The van der Waals surface area contributed by atoms with E-state index >= 15 is 0 Å². The van der Waals surface area contributed by atoms with Gasteiger partial charge in [0, 0.05) is 11.8 Å². The molecule has 0 aliphatic carbocycles. The lowest BCUT2D eigenvalue weighted by molar-refractivity contribution is 0.155. The van der Waals surface area contributed by atoms with Crippen LogP contribution < -0.4 is 14.8 Å². The zero-order valence-electron chi connectivity index (χ0n) is 15.2. The van der Waals surface area contributed by atoms with E-state index in [1.54, 1.807) is 42.5 Å². The molecular formula is C22H18N2O4. The monoisotopic (exact) mass is 374 g/mol. The summed E-state index contributed by atoms with van der Waals surface area (Å²) in [4.78, 5) is 11.9. The lowest BCUT2D eigenvalue weighted by Gasteiger charge is -2.11. The molecule has 3 aromatic carbocycles. The number of hydrogen-bond acceptors (Lipinski definition) is 5. The number of nitrogens with zero attached hydrogens (tertiary/aromatic N) is 1. The summed E-state index contributed by atoms with van der Waals surface area (Å²) in [5.41, 5.74) is 1.98. The lowest BCUT2D eigenvalue weighted by Crippen LogP contribution is -2.13. The van der Waals surface area contributed by atoms with Gasteiger partial charge >= 0.3 is 6.09 Å². The average Bonchev–Trinajstić information content (AvgIpc) is 2.74. The Morgan fingerprint density at radius 3 is 2.43 bits per heavy atom. The van der Waals surface area contributed by atoms with E-state index in [9.17, 15) is 4.79 Å². The number of hydrogen-bond donors (Lipinski definition) is 1. The highest BCUT2D eigenvalue weighted by Gasteiger charge is 2.08. The van der Waals surface area contributed by atoms with Crippen LogP contribution in [-0.4, -0.2) is 13.2 Å². The van der Waals surface area contributed by atoms with Crippen molar-refractivity contribution in [3.8, 4) is 23.3 Å². The van der Waals surface area contributed by atoms with E-state index in [0.717, 1.165) is 5.56 Å². The Balaban J connectivity index is 1.58. The van der Waals surface area contributed by atoms with Gasteiger partial charge in [-0.3, -0.25) is 5.32 Å². The van der Waals surface area contributed by atoms with Gasteiger partial charge < -0.3 is 14.2 Å². The van der Waals surface area contributed by atoms with Crippen LogP contribution in [0.5, 0.6) is 17.2 Å². The van der Waals surface area contributed by atoms with E-state index in [2.05, 4.69) is 11.4 Å². The largest absolute Gasteiger partial charge is 0.493 e. The molecule has 0 unspecified atom stereocenters. The van der Waals surface area contributed by atoms with E-state index in [0.29, 0.717) is 28.5 Å². The van der Waals surface area contributed by atoms with E-state index in [-0.39, 0.29) is 6.61 Å². The van der Waals surface area contributed by atoms with Crippen molar-refractivity contribution >= 4 is 11.8 Å². The van der Waals surface area contributed by atoms with Crippen molar-refractivity contribution in [1.29, 1.82) is 5.26 Å². The van der Waals surface area contributed by atoms with Gasteiger partial charge in [0.15, 0.2) is 11.5 Å². The Morgan fingerprint density at radius 2 is 1.75 bits per heavy atom. The first-order chi connectivity index (χ1) is 13.7. The Bertz CT molecular complexity index is 980. The van der Waals surface area contributed by atoms with Gasteiger partial charge in [-0.2, -0.15) is 5.26 Å². The van der Waals surface area contributed by atoms with Crippen molar-refractivity contribution in [1.82, 2.24) is 0 Å². The zero-order valence-corrected chi connectivity index (χ0v) is 15.2. The summed E-state index contributed by atoms with van der Waals surface area (Å²) < 4.78 is 16.2. The van der Waals surface area contributed by atoms with Crippen molar-refractivity contribution in [3.63, 3.8) is 0 Å². The van der Waals surface area contributed by atoms with Crippen LogP contribution in [0.2, 0.25) is 0 Å². The molecule has 0 spiro atoms. The molecule has 0 heterocycles. The Morgan fingerprint density at radius 1 is 1.00 bits per heavy atom. The molecule has 0 atom stereocenters. The molecule has 28 heavy (non-hydrogen) atoms. The molecule has 0 bridgehead atoms. The number of methoxy groups -OCH3 is 1. The second-order valence-corrected chi connectivity index (χ2v) is 5.79. The van der Waals surface area contributed by atoms with Crippen LogP contribution >= 0.6 is 0 Å². The maximum absolute atomic E-state index is 11.9. The summed E-state index contributed by atoms with van der Waals surface area (Å²) in [7, 11) is 1.51. The molecule has 140 valence electrons. The van der Waals surface area contributed by atoms with Crippen molar-refractivity contribution in [2.24, 2.45) is 0 Å². The number of anilines is 1. The molecule has 0 aliphatic heterocycles. The maximum Gasteiger partial charge on any atom is 0.411 e. The van der Waals surface area contributed by atoms with Gasteiger partial charge in [-0.1, -0.05) is 30.3 Å². The molecule has 0 saturated carbocycles. The molecule has 0 fully saturated rings. The van der Waals surface area contributed by atoms with Crippen LogP contribution in [0.4, 0.5) is 10.5 Å². The molecule has 1 N–H and O–H groups in total. The summed E-state index contributed by atoms with van der Waals surface area (Å²) >= 11 is 0. The highest BCUT2D eigenvalue weighted by atomic mass is 16.5. The lowest BCUT2D eigenvalue weighted by atomic mass is 10.2. The molecule has 0 aromatic heterocycles. The summed E-state index contributed by atoms with van der Waals surface area (Å²) in [5.74, 6) is 1.52. The van der Waals surface area contributed by atoms with Crippen LogP contribution in [0.25, 0.3) is 0 Å². The highest BCUT2D eigenvalue weighted by molar-refractivity contribution is 5.84. The van der Waals surface area contributed by atoms with E-state index in [4.69, 9.17) is 19.5 Å². The first-order valence-electron chi connectivity index (χ1n) is 8.51. The van der Waals surface area contributed by atoms with Gasteiger partial charge in [0.2, 0.25) is 0 Å². The number of ether oxygens (including phenoxy) is 3. The number of nitriles is 1. The normalized spacial score (nSPS) is 9.86. The molecule has 3 rings (SSSR count). The van der Waals surface area contributed by atoms with Crippen LogP contribution in [0, 0.1) is 11.3 Å². The van der Waals surface area contributed by atoms with E-state index in [1.807, 2.05) is 30.3 Å². The molecule has 6 heteroatoms. The second-order valence-electron chi connectivity index (χ2n) is 5.79. The summed E-state index contributed by atoms with van der Waals surface area (Å²) in [6, 6.07) is 23.3. The molecule has 0 saturated heterocycles. The smallest absolute Gasteiger partial charge is 0.411 e. The number of rotatable bonds is 6. The van der Waals surface area contributed by atoms with Gasteiger partial charge in [-0.15, -0.1) is 0 Å². The van der Waals surface area contributed by atoms with E-state index < -0.39 is 6.09 Å². The molecule has 0 radical (unpaired) electrons. The first-order valence-corrected chi connectivity index (χ1v) is 8.51. The number of carbonyl (C=O) groups excluding carboxylic acids is 1. The van der Waals surface area contributed by atoms with Crippen LogP contribution in [-0.2, 0) is 11.3 Å². The summed E-state index contributed by atoms with van der Waals surface area (Å²) in [6.45, 7) is 0.201. The number of benzene rings is 3. The molecular weight excluding hydrogens is 356 g/mol. The highest BCUT2D eigenvalue weighted by Crippen LogP contribution is 2.32. The van der Waals surface area contributed by atoms with Gasteiger partial charge in [0.05, 0.1) is 18.7 Å². The quantitative estimate of drug-likeness (QED) is 0.649. The van der Waals surface area contributed by atoms with Crippen LogP contribution in [0.3, 0.4) is 0 Å². The second kappa shape index (κ2) is 9.10. The topological polar surface area (TPSA) is 80.6 Å². The zero-order chi connectivity index (χ0) is 19.8. The molecule has 6 nitrogen and oxygen atoms in total. The molecule has 3 aromatic rings. The fraction of sp³-hybridized carbons (Fsp3) is 0.0909. The Labute approximate surface area is 162 Å². The van der Waals surface area contributed by atoms with E-state index in [1.165, 1.54) is 7.11 Å². The van der Waals surface area contributed by atoms with Crippen molar-refractivity contribution in [2.45, 2.75) is 6.61 Å². The van der Waals surface area contributed by atoms with Crippen molar-refractivity contribution in [2.75, 3.05) is 12.4 Å². The van der Waals surface area contributed by atoms with Gasteiger partial charge in [-0.05, 0) is 42.0 Å². The Hall–Kier alpha value is -3.98. The van der Waals surface area contributed by atoms with Gasteiger partial charge in [0.25, 0.3) is 0 Å². The van der Waals surface area contributed by atoms with Crippen LogP contribution in [0.15, 0.2) is 72.8 Å². The number of nitrogens with one attached hydrogen (secondary N) is 1. The van der Waals surface area contributed by atoms with Gasteiger partial charge in [-0.25, -0.2) is 4.79 Å². The first kappa shape index (κ1) is 18.8. The molecule has 1 amide bonds. The number of carbonyl (C=O) groups is 1. The third kappa shape index (κ3) is 5.02. The Kier molecular flexibility index (Phi) is 6.11. The maximum atomic E-state index is 11.9. The minimum absolute atomic E-state index is 0.201. The fourth-order valence-corrected chi connectivity index (χ4v) is 2.43. The predicted molar refractivity (Wildman–Crippen MR) is 104 cm³/mol. The standard InChI is InChI=1S/C22H18N2O4/c1-26-21-13-17(14-23)7-12-20(21)28-19-10-8-18(9-11-19)24-22(25)27-15-16-5-3-2-4-6-16/h2-13H,15H2,1H3,(H,24,25). The molecule has 0 aliphatic rings. The minimum atomic E-state index is -0.536. The third-order valence-electron chi connectivity index (χ3n) is 3.83. The van der Waals surface area contributed by atoms with Crippen molar-refractivity contribution < 1.29 is 19.0 Å². The summed E-state index contributed by atoms with van der Waals surface area (Å²) in [6.07, 6.45) is -0.536. The predicted octanol–water partition coefficient (Wildman–Crippen LogP) is 5.11. The minimum Gasteiger partial charge on any atom is -0.493 e. The average molecular weight is 374 g/mol. The van der Waals surface area contributed by atoms with Crippen LogP contribution in [0.1, 0.15) is 11.1 Å². The SMILES string of the molecule is COc1cc(C#N)ccc1Oc1ccc(NC(=O)OCc2ccccc2)cc1. The number of amides is 1. The van der Waals surface area contributed by atoms with Gasteiger partial charge in [0.1, 0.15) is 12.4 Å². The van der Waals surface area contributed by atoms with Crippen molar-refractivity contribution in [3.05, 3.63) is 83.9 Å². The third-order valence-corrected chi connectivity index (χ3v) is 3.83. The fourth-order valence-electron chi connectivity index (χ4n) is 2.43.